The molecular weight excluding hydrogens is 470 g/mol. The average Bonchev–Trinajstić information content (AvgIpc) is 3.48. The predicted molar refractivity (Wildman–Crippen MR) is 132 cm³/mol. The number of nitrogens with two attached hydrogens (primary N) is 2. The van der Waals surface area contributed by atoms with Gasteiger partial charge in [-0.25, -0.2) is 0 Å². The first-order valence-electron chi connectivity index (χ1n) is 11.0. The molecule has 186 valence electrons. The first kappa shape index (κ1) is 25.8. The molecule has 10 nitrogen and oxygen atoms in total. The van der Waals surface area contributed by atoms with Crippen LogP contribution in [0.4, 0.5) is 5.69 Å². The van der Waals surface area contributed by atoms with Crippen molar-refractivity contribution in [3.8, 4) is 5.75 Å². The number of hydrogen-bond donors (Lipinski definition) is 3. The molecule has 0 bridgehead atoms. The van der Waals surface area contributed by atoms with Gasteiger partial charge in [-0.2, -0.15) is 4.37 Å². The van der Waals surface area contributed by atoms with Gasteiger partial charge in [-0.1, -0.05) is 26.0 Å². The summed E-state index contributed by atoms with van der Waals surface area (Å²) in [5.74, 6) is -0.498. The van der Waals surface area contributed by atoms with Crippen LogP contribution in [-0.2, 0) is 11.3 Å². The van der Waals surface area contributed by atoms with Crippen molar-refractivity contribution in [1.29, 1.82) is 0 Å². The molecule has 0 radical (unpaired) electrons. The van der Waals surface area contributed by atoms with E-state index in [1.165, 1.54) is 11.2 Å². The molecule has 0 unspecified atom stereocenters. The summed E-state index contributed by atoms with van der Waals surface area (Å²) in [6, 6.07) is 9.28. The summed E-state index contributed by atoms with van der Waals surface area (Å²) in [5.41, 5.74) is 11.8. The summed E-state index contributed by atoms with van der Waals surface area (Å²) in [7, 11) is 1.56. The first-order valence-corrected chi connectivity index (χ1v) is 11.8. The number of benzene rings is 1. The minimum absolute atomic E-state index is 0.0128. The fourth-order valence-corrected chi connectivity index (χ4v) is 4.18. The number of aromatic nitrogens is 1. The van der Waals surface area contributed by atoms with E-state index >= 15 is 0 Å². The molecule has 3 rings (SSSR count). The molecule has 1 aromatic carbocycles. The quantitative estimate of drug-likeness (QED) is 0.366. The van der Waals surface area contributed by atoms with Crippen molar-refractivity contribution in [2.45, 2.75) is 32.9 Å². The fraction of sp³-hybridized carbons (Fsp3) is 0.333. The Morgan fingerprint density at radius 3 is 2.46 bits per heavy atom. The van der Waals surface area contributed by atoms with Crippen LogP contribution < -0.4 is 21.5 Å². The monoisotopic (exact) mass is 499 g/mol. The molecule has 0 aliphatic heterocycles. The van der Waals surface area contributed by atoms with Crippen LogP contribution in [0, 0.1) is 5.92 Å². The second-order valence-electron chi connectivity index (χ2n) is 8.31. The van der Waals surface area contributed by atoms with Crippen LogP contribution in [0.1, 0.15) is 57.8 Å². The Morgan fingerprint density at radius 1 is 1.20 bits per heavy atom. The van der Waals surface area contributed by atoms with Crippen LogP contribution in [0.2, 0.25) is 0 Å². The van der Waals surface area contributed by atoms with Crippen LogP contribution in [0.15, 0.2) is 47.1 Å². The van der Waals surface area contributed by atoms with Crippen LogP contribution in [0.5, 0.6) is 5.75 Å². The third-order valence-electron chi connectivity index (χ3n) is 5.32. The Labute approximate surface area is 207 Å². The number of amides is 3. The minimum Gasteiger partial charge on any atom is -0.497 e. The number of anilines is 1. The first-order chi connectivity index (χ1) is 16.7. The van der Waals surface area contributed by atoms with Crippen molar-refractivity contribution in [3.05, 3.63) is 64.6 Å². The number of hydrogen-bond acceptors (Lipinski definition) is 8. The molecule has 2 aromatic heterocycles. The number of methoxy groups -OCH3 is 1. The molecule has 3 amide bonds. The van der Waals surface area contributed by atoms with Crippen molar-refractivity contribution >= 4 is 34.9 Å². The number of carbonyl (C=O) groups is 3. The van der Waals surface area contributed by atoms with Gasteiger partial charge in [0.1, 0.15) is 16.4 Å². The van der Waals surface area contributed by atoms with Crippen molar-refractivity contribution in [3.63, 3.8) is 0 Å². The minimum atomic E-state index is -1.09. The maximum Gasteiger partial charge on any atom is 0.270 e. The Balaban J connectivity index is 2.03. The van der Waals surface area contributed by atoms with E-state index in [1.807, 2.05) is 0 Å². The van der Waals surface area contributed by atoms with Crippen LogP contribution in [-0.4, -0.2) is 40.6 Å². The van der Waals surface area contributed by atoms with Gasteiger partial charge in [-0.15, -0.1) is 0 Å². The highest BCUT2D eigenvalue weighted by molar-refractivity contribution is 7.09. The second kappa shape index (κ2) is 11.5. The zero-order valence-corrected chi connectivity index (χ0v) is 20.6. The lowest BCUT2D eigenvalue weighted by molar-refractivity contribution is -0.126. The molecule has 0 saturated carbocycles. The SMILES string of the molecule is COc1ccc(CN(C(=O)c2snc(C(N)=O)c2N)[C@@H](C(=O)NCCC(C)C)c2ccco2)cc1. The molecule has 1 atom stereocenters. The largest absolute Gasteiger partial charge is 0.497 e. The molecule has 0 fully saturated rings. The summed E-state index contributed by atoms with van der Waals surface area (Å²) in [6.45, 7) is 4.60. The third kappa shape index (κ3) is 6.18. The highest BCUT2D eigenvalue weighted by Crippen LogP contribution is 2.30. The lowest BCUT2D eigenvalue weighted by Gasteiger charge is -2.30. The summed E-state index contributed by atoms with van der Waals surface area (Å²) in [5, 5.41) is 2.90. The van der Waals surface area contributed by atoms with Crippen molar-refractivity contribution in [2.24, 2.45) is 11.7 Å². The van der Waals surface area contributed by atoms with Gasteiger partial charge in [0.2, 0.25) is 0 Å². The number of nitrogens with zero attached hydrogens (tertiary/aromatic N) is 2. The summed E-state index contributed by atoms with van der Waals surface area (Å²) >= 11 is 0.756. The topological polar surface area (TPSA) is 154 Å². The van der Waals surface area contributed by atoms with Crippen molar-refractivity contribution in [1.82, 2.24) is 14.6 Å². The van der Waals surface area contributed by atoms with Gasteiger partial charge in [0.25, 0.3) is 17.7 Å². The van der Waals surface area contributed by atoms with E-state index in [1.54, 1.807) is 43.5 Å². The van der Waals surface area contributed by atoms with Gasteiger partial charge in [-0.3, -0.25) is 14.4 Å². The number of ether oxygens (including phenoxy) is 1. The maximum atomic E-state index is 13.8. The van der Waals surface area contributed by atoms with E-state index in [-0.39, 0.29) is 28.6 Å². The Morgan fingerprint density at radius 2 is 1.91 bits per heavy atom. The van der Waals surface area contributed by atoms with E-state index in [0.29, 0.717) is 18.2 Å². The molecule has 3 aromatic rings. The number of carbonyl (C=O) groups excluding carboxylic acids is 3. The van der Waals surface area contributed by atoms with E-state index in [4.69, 9.17) is 20.6 Å². The van der Waals surface area contributed by atoms with E-state index in [9.17, 15) is 14.4 Å². The number of rotatable bonds is 11. The van der Waals surface area contributed by atoms with Gasteiger partial charge in [-0.05, 0) is 53.7 Å². The zero-order chi connectivity index (χ0) is 25.5. The number of nitrogen functional groups attached to an aromatic ring is 1. The van der Waals surface area contributed by atoms with Crippen LogP contribution >= 0.6 is 11.5 Å². The van der Waals surface area contributed by atoms with Crippen LogP contribution in [0.3, 0.4) is 0 Å². The molecule has 2 heterocycles. The van der Waals surface area contributed by atoms with E-state index in [0.717, 1.165) is 23.5 Å². The molecule has 5 N–H and O–H groups in total. The highest BCUT2D eigenvalue weighted by atomic mass is 32.1. The summed E-state index contributed by atoms with van der Waals surface area (Å²) in [6.07, 6.45) is 2.21. The number of nitrogens with one attached hydrogen (secondary N) is 1. The van der Waals surface area contributed by atoms with Gasteiger partial charge in [0, 0.05) is 13.1 Å². The second-order valence-corrected chi connectivity index (χ2v) is 9.08. The van der Waals surface area contributed by atoms with Gasteiger partial charge in [0.15, 0.2) is 11.7 Å². The van der Waals surface area contributed by atoms with Crippen molar-refractivity contribution in [2.75, 3.05) is 19.4 Å². The normalized spacial score (nSPS) is 11.8. The molecule has 0 spiro atoms. The van der Waals surface area contributed by atoms with E-state index in [2.05, 4.69) is 23.5 Å². The smallest absolute Gasteiger partial charge is 0.270 e. The molecule has 0 aliphatic rings. The zero-order valence-electron chi connectivity index (χ0n) is 19.8. The number of primary amides is 1. The average molecular weight is 500 g/mol. The molecule has 11 heteroatoms. The highest BCUT2D eigenvalue weighted by Gasteiger charge is 2.36. The van der Waals surface area contributed by atoms with Crippen molar-refractivity contribution < 1.29 is 23.5 Å². The van der Waals surface area contributed by atoms with Gasteiger partial charge in [0.05, 0.1) is 19.1 Å². The Hall–Kier alpha value is -3.86. The standard InChI is InChI=1S/C24H29N5O5S/c1-14(2)10-11-27-23(31)20(17-5-4-12-34-17)29(13-15-6-8-16(33-3)9-7-15)24(32)21-18(25)19(22(26)30)28-35-21/h4-9,12,14,20H,10-11,13,25H2,1-3H3,(H2,26,30)(H,27,31)/t20-/m1/s1. The fourth-order valence-electron chi connectivity index (χ4n) is 3.42. The molecule has 0 saturated heterocycles. The Bertz CT molecular complexity index is 1160. The van der Waals surface area contributed by atoms with E-state index < -0.39 is 23.8 Å². The van der Waals surface area contributed by atoms with Gasteiger partial charge < -0.3 is 30.8 Å². The predicted octanol–water partition coefficient (Wildman–Crippen LogP) is 2.97. The van der Waals surface area contributed by atoms with Gasteiger partial charge >= 0.3 is 0 Å². The number of furan rings is 1. The van der Waals surface area contributed by atoms with Crippen LogP contribution in [0.25, 0.3) is 0 Å². The molecule has 0 aliphatic carbocycles. The summed E-state index contributed by atoms with van der Waals surface area (Å²) < 4.78 is 14.7. The lowest BCUT2D eigenvalue weighted by atomic mass is 10.1. The Kier molecular flexibility index (Phi) is 8.48. The molecular formula is C24H29N5O5S. The maximum absolute atomic E-state index is 13.8. The third-order valence-corrected chi connectivity index (χ3v) is 6.17. The summed E-state index contributed by atoms with van der Waals surface area (Å²) in [4.78, 5) is 40.2. The lowest BCUT2D eigenvalue weighted by Crippen LogP contribution is -2.43. The molecule has 35 heavy (non-hydrogen) atoms.